The first-order valence-electron chi connectivity index (χ1n) is 7.98. The van der Waals surface area contributed by atoms with Gasteiger partial charge in [0.25, 0.3) is 0 Å². The van der Waals surface area contributed by atoms with E-state index in [-0.39, 0.29) is 6.61 Å². The fraction of sp³-hybridized carbons (Fsp3) is 0.200. The van der Waals surface area contributed by atoms with Gasteiger partial charge >= 0.3 is 5.97 Å². The number of aliphatic hydroxyl groups is 1. The van der Waals surface area contributed by atoms with E-state index in [9.17, 15) is 14.7 Å². The number of hydrogen-bond acceptors (Lipinski definition) is 4. The Bertz CT molecular complexity index is 711. The Morgan fingerprint density at radius 3 is 2.28 bits per heavy atom. The van der Waals surface area contributed by atoms with Crippen LogP contribution in [0.5, 0.6) is 0 Å². The number of rotatable bonds is 7. The molecule has 2 rings (SSSR count). The van der Waals surface area contributed by atoms with E-state index in [1.165, 1.54) is 13.0 Å². The zero-order valence-electron chi connectivity index (χ0n) is 14.0. The molecule has 0 aromatic heterocycles. The Morgan fingerprint density at radius 1 is 1.08 bits per heavy atom. The maximum atomic E-state index is 12.1. The highest BCUT2D eigenvalue weighted by atomic mass is 16.5. The van der Waals surface area contributed by atoms with Crippen molar-refractivity contribution >= 4 is 18.0 Å². The fourth-order valence-corrected chi connectivity index (χ4v) is 2.13. The molecular formula is C20H21NO4. The van der Waals surface area contributed by atoms with Crippen molar-refractivity contribution in [3.8, 4) is 0 Å². The number of esters is 1. The maximum absolute atomic E-state index is 12.1. The van der Waals surface area contributed by atoms with Crippen LogP contribution in [0.2, 0.25) is 0 Å². The van der Waals surface area contributed by atoms with Gasteiger partial charge < -0.3 is 15.2 Å². The van der Waals surface area contributed by atoms with Crippen molar-refractivity contribution in [3.63, 3.8) is 0 Å². The summed E-state index contributed by atoms with van der Waals surface area (Å²) in [5.74, 6) is -1.16. The molecule has 5 nitrogen and oxygen atoms in total. The Labute approximate surface area is 146 Å². The molecule has 2 N–H and O–H groups in total. The van der Waals surface area contributed by atoms with Gasteiger partial charge in [0.1, 0.15) is 6.61 Å². The van der Waals surface area contributed by atoms with Gasteiger partial charge in [-0.25, -0.2) is 4.79 Å². The molecule has 0 saturated heterocycles. The highest BCUT2D eigenvalue weighted by Gasteiger charge is 2.26. The van der Waals surface area contributed by atoms with E-state index >= 15 is 0 Å². The lowest BCUT2D eigenvalue weighted by Gasteiger charge is -2.19. The SMILES string of the molecule is CC(O)C(NC(=O)/C=C/c1ccccc1)C(=O)OCc1ccccc1. The molecule has 0 saturated carbocycles. The number of amides is 1. The Morgan fingerprint density at radius 2 is 1.68 bits per heavy atom. The summed E-state index contributed by atoms with van der Waals surface area (Å²) in [6, 6.07) is 17.4. The quantitative estimate of drug-likeness (QED) is 0.599. The Kier molecular flexibility index (Phi) is 6.92. The minimum Gasteiger partial charge on any atom is -0.459 e. The molecule has 0 radical (unpaired) electrons. The van der Waals surface area contributed by atoms with Gasteiger partial charge in [0.2, 0.25) is 5.91 Å². The third-order valence-electron chi connectivity index (χ3n) is 3.48. The average molecular weight is 339 g/mol. The molecule has 1 amide bonds. The topological polar surface area (TPSA) is 75.6 Å². The highest BCUT2D eigenvalue weighted by molar-refractivity contribution is 5.94. The summed E-state index contributed by atoms with van der Waals surface area (Å²) in [6.45, 7) is 1.51. The van der Waals surface area contributed by atoms with Crippen LogP contribution in [-0.2, 0) is 20.9 Å². The van der Waals surface area contributed by atoms with Crippen molar-refractivity contribution in [2.45, 2.75) is 25.7 Å². The first-order valence-corrected chi connectivity index (χ1v) is 7.98. The van der Waals surface area contributed by atoms with Crippen LogP contribution in [0.3, 0.4) is 0 Å². The molecule has 0 bridgehead atoms. The van der Waals surface area contributed by atoms with E-state index < -0.39 is 24.0 Å². The lowest BCUT2D eigenvalue weighted by molar-refractivity contribution is -0.151. The van der Waals surface area contributed by atoms with E-state index in [0.29, 0.717) is 0 Å². The van der Waals surface area contributed by atoms with Crippen LogP contribution in [0, 0.1) is 0 Å². The van der Waals surface area contributed by atoms with Crippen molar-refractivity contribution in [2.24, 2.45) is 0 Å². The number of carbonyl (C=O) groups excluding carboxylic acids is 2. The van der Waals surface area contributed by atoms with Gasteiger partial charge in [0, 0.05) is 6.08 Å². The van der Waals surface area contributed by atoms with E-state index in [4.69, 9.17) is 4.74 Å². The van der Waals surface area contributed by atoms with Crippen molar-refractivity contribution in [1.29, 1.82) is 0 Å². The number of ether oxygens (including phenoxy) is 1. The standard InChI is InChI=1S/C20H21NO4/c1-15(22)19(20(24)25-14-17-10-6-3-7-11-17)21-18(23)13-12-16-8-4-2-5-9-16/h2-13,15,19,22H,14H2,1H3,(H,21,23)/b13-12+. The zero-order valence-corrected chi connectivity index (χ0v) is 14.0. The van der Waals surface area contributed by atoms with Crippen LogP contribution in [0.25, 0.3) is 6.08 Å². The summed E-state index contributed by atoms with van der Waals surface area (Å²) < 4.78 is 5.18. The summed E-state index contributed by atoms with van der Waals surface area (Å²) in [7, 11) is 0. The monoisotopic (exact) mass is 339 g/mol. The maximum Gasteiger partial charge on any atom is 0.331 e. The van der Waals surface area contributed by atoms with Crippen LogP contribution < -0.4 is 5.32 Å². The molecule has 25 heavy (non-hydrogen) atoms. The second-order valence-corrected chi connectivity index (χ2v) is 5.56. The summed E-state index contributed by atoms with van der Waals surface area (Å²) in [6.07, 6.45) is 1.87. The molecule has 5 heteroatoms. The molecule has 0 aliphatic heterocycles. The van der Waals surface area contributed by atoms with Crippen LogP contribution in [0.1, 0.15) is 18.1 Å². The van der Waals surface area contributed by atoms with E-state index in [1.54, 1.807) is 6.08 Å². The molecule has 0 spiro atoms. The van der Waals surface area contributed by atoms with Gasteiger partial charge in [0.05, 0.1) is 6.10 Å². The lowest BCUT2D eigenvalue weighted by Crippen LogP contribution is -2.48. The van der Waals surface area contributed by atoms with Crippen molar-refractivity contribution < 1.29 is 19.4 Å². The van der Waals surface area contributed by atoms with Gasteiger partial charge in [-0.05, 0) is 24.1 Å². The van der Waals surface area contributed by atoms with Crippen molar-refractivity contribution in [1.82, 2.24) is 5.32 Å². The molecule has 130 valence electrons. The second-order valence-electron chi connectivity index (χ2n) is 5.56. The zero-order chi connectivity index (χ0) is 18.1. The average Bonchev–Trinajstić information content (AvgIpc) is 2.64. The summed E-state index contributed by atoms with van der Waals surface area (Å²) >= 11 is 0. The summed E-state index contributed by atoms with van der Waals surface area (Å²) in [5.41, 5.74) is 1.69. The smallest absolute Gasteiger partial charge is 0.331 e. The number of nitrogens with one attached hydrogen (secondary N) is 1. The van der Waals surface area contributed by atoms with Crippen molar-refractivity contribution in [3.05, 3.63) is 77.9 Å². The number of benzene rings is 2. The largest absolute Gasteiger partial charge is 0.459 e. The number of aliphatic hydroxyl groups excluding tert-OH is 1. The number of hydrogen-bond donors (Lipinski definition) is 2. The third-order valence-corrected chi connectivity index (χ3v) is 3.48. The predicted octanol–water partition coefficient (Wildman–Crippen LogP) is 2.31. The van der Waals surface area contributed by atoms with Crippen LogP contribution in [0.15, 0.2) is 66.7 Å². The molecule has 2 aromatic carbocycles. The molecule has 2 aromatic rings. The first-order chi connectivity index (χ1) is 12.1. The van der Waals surface area contributed by atoms with Gasteiger partial charge in [-0.1, -0.05) is 60.7 Å². The molecular weight excluding hydrogens is 318 g/mol. The minimum atomic E-state index is -1.13. The third kappa shape index (κ3) is 6.24. The minimum absolute atomic E-state index is 0.0820. The van der Waals surface area contributed by atoms with Gasteiger partial charge in [-0.2, -0.15) is 0 Å². The van der Waals surface area contributed by atoms with Gasteiger partial charge in [0.15, 0.2) is 6.04 Å². The first kappa shape index (κ1) is 18.4. The highest BCUT2D eigenvalue weighted by Crippen LogP contribution is 2.05. The normalized spacial score (nSPS) is 13.2. The molecule has 2 unspecified atom stereocenters. The van der Waals surface area contributed by atoms with Crippen LogP contribution in [0.4, 0.5) is 0 Å². The Balaban J connectivity index is 1.91. The van der Waals surface area contributed by atoms with Crippen LogP contribution in [-0.4, -0.2) is 29.1 Å². The van der Waals surface area contributed by atoms with E-state index in [0.717, 1.165) is 11.1 Å². The fourth-order valence-electron chi connectivity index (χ4n) is 2.13. The molecule has 0 heterocycles. The second kappa shape index (κ2) is 9.39. The van der Waals surface area contributed by atoms with Gasteiger partial charge in [-0.3, -0.25) is 4.79 Å². The lowest BCUT2D eigenvalue weighted by atomic mass is 10.1. The van der Waals surface area contributed by atoms with Crippen LogP contribution >= 0.6 is 0 Å². The van der Waals surface area contributed by atoms with E-state index in [1.807, 2.05) is 60.7 Å². The molecule has 2 atom stereocenters. The predicted molar refractivity (Wildman–Crippen MR) is 95.3 cm³/mol. The molecule has 0 fully saturated rings. The Hall–Kier alpha value is -2.92. The summed E-state index contributed by atoms with van der Waals surface area (Å²) in [4.78, 5) is 24.1. The molecule has 0 aliphatic carbocycles. The number of carbonyl (C=O) groups is 2. The van der Waals surface area contributed by atoms with Gasteiger partial charge in [-0.15, -0.1) is 0 Å². The van der Waals surface area contributed by atoms with Crippen molar-refractivity contribution in [2.75, 3.05) is 0 Å². The summed E-state index contributed by atoms with van der Waals surface area (Å²) in [5, 5.41) is 12.2. The molecule has 0 aliphatic rings. The van der Waals surface area contributed by atoms with E-state index in [2.05, 4.69) is 5.32 Å².